The van der Waals surface area contributed by atoms with Crippen LogP contribution in [0.15, 0.2) is 0 Å². The fourth-order valence-electron chi connectivity index (χ4n) is 3.57. The summed E-state index contributed by atoms with van der Waals surface area (Å²) in [6, 6.07) is 1.39. The van der Waals surface area contributed by atoms with E-state index < -0.39 is 0 Å². The lowest BCUT2D eigenvalue weighted by atomic mass is 10.0. The van der Waals surface area contributed by atoms with Gasteiger partial charge in [-0.05, 0) is 39.2 Å². The molecule has 1 fully saturated rings. The van der Waals surface area contributed by atoms with E-state index >= 15 is 0 Å². The van der Waals surface area contributed by atoms with Gasteiger partial charge < -0.3 is 11.1 Å². The molecule has 3 N–H and O–H groups in total. The number of piperidine rings is 1. The number of nitrogen functional groups attached to an aromatic ring is 1. The normalized spacial score (nSPS) is 18.6. The number of fused-ring (bicyclic) bond motifs is 1. The summed E-state index contributed by atoms with van der Waals surface area (Å²) in [4.78, 5) is 14.2. The number of anilines is 1. The van der Waals surface area contributed by atoms with Gasteiger partial charge in [0.25, 0.3) is 0 Å². The van der Waals surface area contributed by atoms with E-state index in [1.807, 2.05) is 0 Å². The van der Waals surface area contributed by atoms with Crippen LogP contribution in [0.4, 0.5) is 5.82 Å². The highest BCUT2D eigenvalue weighted by molar-refractivity contribution is 7.18. The van der Waals surface area contributed by atoms with Crippen LogP contribution in [0.2, 0.25) is 0 Å². The molecule has 1 atom stereocenters. The molecular weight excluding hydrogens is 318 g/mol. The van der Waals surface area contributed by atoms with Crippen LogP contribution in [0.25, 0.3) is 10.2 Å². The van der Waals surface area contributed by atoms with E-state index in [1.165, 1.54) is 23.3 Å². The number of hydrogen-bond donors (Lipinski definition) is 2. The van der Waals surface area contributed by atoms with Crippen molar-refractivity contribution in [2.24, 2.45) is 0 Å². The van der Waals surface area contributed by atoms with Crippen molar-refractivity contribution in [2.45, 2.75) is 65.6 Å². The number of thiophene rings is 1. The molecule has 0 saturated carbocycles. The molecule has 24 heavy (non-hydrogen) atoms. The molecule has 1 aliphatic rings. The van der Waals surface area contributed by atoms with Gasteiger partial charge in [0, 0.05) is 30.1 Å². The van der Waals surface area contributed by atoms with Crippen molar-refractivity contribution in [3.8, 4) is 0 Å². The van der Waals surface area contributed by atoms with E-state index in [0.29, 0.717) is 17.9 Å². The van der Waals surface area contributed by atoms with E-state index in [0.717, 1.165) is 29.1 Å². The summed E-state index contributed by atoms with van der Waals surface area (Å²) < 4.78 is 0. The lowest BCUT2D eigenvalue weighted by molar-refractivity contribution is 0.145. The number of nitrogens with zero attached hydrogens (tertiary/aromatic N) is 3. The quantitative estimate of drug-likeness (QED) is 0.887. The molecule has 3 heterocycles. The molecule has 0 spiro atoms. The van der Waals surface area contributed by atoms with Gasteiger partial charge in [0.15, 0.2) is 0 Å². The van der Waals surface area contributed by atoms with Crippen LogP contribution in [-0.4, -0.2) is 40.0 Å². The summed E-state index contributed by atoms with van der Waals surface area (Å²) in [5, 5.41) is 4.68. The molecule has 132 valence electrons. The monoisotopic (exact) mass is 347 g/mol. The van der Waals surface area contributed by atoms with Crippen molar-refractivity contribution < 1.29 is 0 Å². The van der Waals surface area contributed by atoms with Gasteiger partial charge in [-0.1, -0.05) is 13.8 Å². The van der Waals surface area contributed by atoms with E-state index in [-0.39, 0.29) is 6.04 Å². The van der Waals surface area contributed by atoms with Crippen molar-refractivity contribution >= 4 is 27.4 Å². The molecule has 3 rings (SSSR count). The summed E-state index contributed by atoms with van der Waals surface area (Å²) in [6.07, 6.45) is 2.36. The number of nitrogens with one attached hydrogen (secondary N) is 1. The third-order valence-electron chi connectivity index (χ3n) is 5.09. The first kappa shape index (κ1) is 17.6. The van der Waals surface area contributed by atoms with Crippen LogP contribution in [0.1, 0.15) is 55.9 Å². The summed E-state index contributed by atoms with van der Waals surface area (Å²) in [5.41, 5.74) is 7.46. The van der Waals surface area contributed by atoms with Gasteiger partial charge in [0.1, 0.15) is 16.5 Å². The first-order valence-electron chi connectivity index (χ1n) is 8.90. The summed E-state index contributed by atoms with van der Waals surface area (Å²) >= 11 is 1.72. The Labute approximate surface area is 148 Å². The average molecular weight is 348 g/mol. The number of hydrogen-bond acceptors (Lipinski definition) is 6. The zero-order valence-corrected chi connectivity index (χ0v) is 16.2. The zero-order chi connectivity index (χ0) is 17.4. The standard InChI is InChI=1S/C18H29N5S/c1-10(2)20-14-6-8-23(9-7-14)12(4)17-21-16(19)15-11(3)13(5)24-18(15)22-17/h10,12,14,20H,6-9H2,1-5H3,(H2,19,21,22). The van der Waals surface area contributed by atoms with Crippen LogP contribution in [-0.2, 0) is 0 Å². The minimum absolute atomic E-state index is 0.208. The van der Waals surface area contributed by atoms with Crippen molar-refractivity contribution in [1.29, 1.82) is 0 Å². The summed E-state index contributed by atoms with van der Waals surface area (Å²) in [7, 11) is 0. The first-order chi connectivity index (χ1) is 11.4. The van der Waals surface area contributed by atoms with E-state index in [1.54, 1.807) is 11.3 Å². The number of aryl methyl sites for hydroxylation is 2. The molecular formula is C18H29N5S. The molecule has 6 heteroatoms. The Balaban J connectivity index is 1.76. The van der Waals surface area contributed by atoms with Crippen LogP contribution in [0.3, 0.4) is 0 Å². The van der Waals surface area contributed by atoms with Gasteiger partial charge in [0.2, 0.25) is 0 Å². The molecule has 0 radical (unpaired) electrons. The Bertz CT molecular complexity index is 716. The molecule has 0 amide bonds. The minimum atomic E-state index is 0.208. The molecule has 1 aliphatic heterocycles. The smallest absolute Gasteiger partial charge is 0.149 e. The first-order valence-corrected chi connectivity index (χ1v) is 9.71. The third-order valence-corrected chi connectivity index (χ3v) is 6.20. The second kappa shape index (κ2) is 6.94. The Morgan fingerprint density at radius 3 is 2.46 bits per heavy atom. The number of likely N-dealkylation sites (tertiary alicyclic amines) is 1. The maximum absolute atomic E-state index is 6.24. The highest BCUT2D eigenvalue weighted by Gasteiger charge is 2.26. The van der Waals surface area contributed by atoms with Crippen molar-refractivity contribution in [3.63, 3.8) is 0 Å². The predicted molar refractivity (Wildman–Crippen MR) is 103 cm³/mol. The highest BCUT2D eigenvalue weighted by Crippen LogP contribution is 2.33. The maximum atomic E-state index is 6.24. The second-order valence-corrected chi connectivity index (χ2v) is 8.44. The lowest BCUT2D eigenvalue weighted by Crippen LogP contribution is -2.45. The van der Waals surface area contributed by atoms with Crippen molar-refractivity contribution in [3.05, 3.63) is 16.3 Å². The maximum Gasteiger partial charge on any atom is 0.149 e. The Hall–Kier alpha value is -1.24. The van der Waals surface area contributed by atoms with Gasteiger partial charge >= 0.3 is 0 Å². The lowest BCUT2D eigenvalue weighted by Gasteiger charge is -2.36. The third kappa shape index (κ3) is 3.41. The van der Waals surface area contributed by atoms with Crippen LogP contribution >= 0.6 is 11.3 Å². The number of nitrogens with two attached hydrogens (primary N) is 1. The van der Waals surface area contributed by atoms with Crippen LogP contribution < -0.4 is 11.1 Å². The van der Waals surface area contributed by atoms with Crippen molar-refractivity contribution in [2.75, 3.05) is 18.8 Å². The SMILES string of the molecule is Cc1sc2nc(C(C)N3CCC(NC(C)C)CC3)nc(N)c2c1C. The molecule has 0 aromatic carbocycles. The average Bonchev–Trinajstić information content (AvgIpc) is 2.82. The Morgan fingerprint density at radius 1 is 1.17 bits per heavy atom. The fraction of sp³-hybridized carbons (Fsp3) is 0.667. The van der Waals surface area contributed by atoms with Crippen LogP contribution in [0, 0.1) is 13.8 Å². The summed E-state index contributed by atoms with van der Waals surface area (Å²) in [5.74, 6) is 1.48. The summed E-state index contributed by atoms with van der Waals surface area (Å²) in [6.45, 7) is 13.0. The minimum Gasteiger partial charge on any atom is -0.383 e. The van der Waals surface area contributed by atoms with Crippen LogP contribution in [0.5, 0.6) is 0 Å². The molecule has 1 saturated heterocycles. The zero-order valence-electron chi connectivity index (χ0n) is 15.4. The molecule has 0 aliphatic carbocycles. The van der Waals surface area contributed by atoms with Gasteiger partial charge in [-0.25, -0.2) is 9.97 Å². The molecule has 5 nitrogen and oxygen atoms in total. The van der Waals surface area contributed by atoms with E-state index in [2.05, 4.69) is 49.8 Å². The molecule has 2 aromatic heterocycles. The van der Waals surface area contributed by atoms with Gasteiger partial charge in [-0.3, -0.25) is 4.90 Å². The number of rotatable bonds is 4. The molecule has 0 bridgehead atoms. The van der Waals surface area contributed by atoms with E-state index in [9.17, 15) is 0 Å². The second-order valence-electron chi connectivity index (χ2n) is 7.24. The highest BCUT2D eigenvalue weighted by atomic mass is 32.1. The fourth-order valence-corrected chi connectivity index (χ4v) is 4.62. The van der Waals surface area contributed by atoms with Gasteiger partial charge in [-0.2, -0.15) is 0 Å². The largest absolute Gasteiger partial charge is 0.383 e. The van der Waals surface area contributed by atoms with E-state index in [4.69, 9.17) is 10.7 Å². The topological polar surface area (TPSA) is 67.1 Å². The van der Waals surface area contributed by atoms with Gasteiger partial charge in [-0.15, -0.1) is 11.3 Å². The Kier molecular flexibility index (Phi) is 5.08. The van der Waals surface area contributed by atoms with Crippen molar-refractivity contribution in [1.82, 2.24) is 20.2 Å². The number of aromatic nitrogens is 2. The van der Waals surface area contributed by atoms with Gasteiger partial charge in [0.05, 0.1) is 11.4 Å². The predicted octanol–water partition coefficient (Wildman–Crippen LogP) is 3.41. The molecule has 2 aromatic rings. The molecule has 1 unspecified atom stereocenters. The Morgan fingerprint density at radius 2 is 1.83 bits per heavy atom.